The summed E-state index contributed by atoms with van der Waals surface area (Å²) >= 11 is 0. The van der Waals surface area contributed by atoms with E-state index >= 15 is 0 Å². The molecule has 1 aromatic carbocycles. The van der Waals surface area contributed by atoms with Gasteiger partial charge in [-0.2, -0.15) is 0 Å². The van der Waals surface area contributed by atoms with Gasteiger partial charge in [0.25, 0.3) is 0 Å². The summed E-state index contributed by atoms with van der Waals surface area (Å²) in [5.74, 6) is 0. The third kappa shape index (κ3) is 2.22. The van der Waals surface area contributed by atoms with Gasteiger partial charge in [-0.15, -0.1) is 0 Å². The fourth-order valence-electron chi connectivity index (χ4n) is 1.55. The van der Waals surface area contributed by atoms with Crippen LogP contribution in [-0.2, 0) is 12.8 Å². The van der Waals surface area contributed by atoms with Crippen molar-refractivity contribution in [1.29, 1.82) is 0 Å². The highest BCUT2D eigenvalue weighted by molar-refractivity contribution is 5.51. The van der Waals surface area contributed by atoms with E-state index in [4.69, 9.17) is 11.5 Å². The zero-order chi connectivity index (χ0) is 9.84. The topological polar surface area (TPSA) is 52.0 Å². The van der Waals surface area contributed by atoms with Crippen LogP contribution in [0.25, 0.3) is 0 Å². The van der Waals surface area contributed by atoms with Crippen LogP contribution in [0.5, 0.6) is 0 Å². The van der Waals surface area contributed by atoms with E-state index in [0.29, 0.717) is 6.54 Å². The standard InChI is InChI=1S/C11H18N2/c1-3-9-6-8(2)11(13)7-10(9)4-5-12/h6-7H,3-5,12-13H2,1-2H3. The van der Waals surface area contributed by atoms with Crippen LogP contribution in [0.2, 0.25) is 0 Å². The normalized spacial score (nSPS) is 10.4. The van der Waals surface area contributed by atoms with E-state index in [9.17, 15) is 0 Å². The van der Waals surface area contributed by atoms with Gasteiger partial charge in [0, 0.05) is 5.69 Å². The van der Waals surface area contributed by atoms with Gasteiger partial charge in [-0.3, -0.25) is 0 Å². The number of rotatable bonds is 3. The van der Waals surface area contributed by atoms with Crippen molar-refractivity contribution in [2.24, 2.45) is 5.73 Å². The predicted octanol–water partition coefficient (Wildman–Crippen LogP) is 1.64. The third-order valence-corrected chi connectivity index (χ3v) is 2.38. The molecule has 13 heavy (non-hydrogen) atoms. The zero-order valence-corrected chi connectivity index (χ0v) is 8.43. The fourth-order valence-corrected chi connectivity index (χ4v) is 1.55. The summed E-state index contributed by atoms with van der Waals surface area (Å²) in [6.45, 7) is 4.89. The minimum atomic E-state index is 0.690. The van der Waals surface area contributed by atoms with Gasteiger partial charge in [-0.1, -0.05) is 13.0 Å². The van der Waals surface area contributed by atoms with Gasteiger partial charge in [-0.25, -0.2) is 0 Å². The van der Waals surface area contributed by atoms with Crippen molar-refractivity contribution in [2.75, 3.05) is 12.3 Å². The van der Waals surface area contributed by atoms with Crippen LogP contribution < -0.4 is 11.5 Å². The second kappa shape index (κ2) is 4.28. The molecule has 0 heterocycles. The molecule has 1 aromatic rings. The molecule has 0 radical (unpaired) electrons. The van der Waals surface area contributed by atoms with Crippen LogP contribution in [0.4, 0.5) is 5.69 Å². The average molecular weight is 178 g/mol. The van der Waals surface area contributed by atoms with Crippen molar-refractivity contribution in [1.82, 2.24) is 0 Å². The summed E-state index contributed by atoms with van der Waals surface area (Å²) in [7, 11) is 0. The number of hydrogen-bond acceptors (Lipinski definition) is 2. The molecule has 0 aromatic heterocycles. The Morgan fingerprint density at radius 3 is 2.46 bits per heavy atom. The lowest BCUT2D eigenvalue weighted by atomic mass is 9.99. The van der Waals surface area contributed by atoms with E-state index in [2.05, 4.69) is 19.1 Å². The molecule has 1 rings (SSSR count). The second-order valence-electron chi connectivity index (χ2n) is 3.37. The average Bonchev–Trinajstić information content (AvgIpc) is 2.11. The van der Waals surface area contributed by atoms with E-state index in [0.717, 1.165) is 24.1 Å². The molecule has 72 valence electrons. The Balaban J connectivity index is 3.09. The summed E-state index contributed by atoms with van der Waals surface area (Å²) in [6.07, 6.45) is 1.98. The molecule has 0 amide bonds. The van der Waals surface area contributed by atoms with E-state index in [1.165, 1.54) is 11.1 Å². The molecular weight excluding hydrogens is 160 g/mol. The lowest BCUT2D eigenvalue weighted by Crippen LogP contribution is -2.06. The lowest BCUT2D eigenvalue weighted by molar-refractivity contribution is 0.938. The number of nitrogens with two attached hydrogens (primary N) is 2. The quantitative estimate of drug-likeness (QED) is 0.691. The smallest absolute Gasteiger partial charge is 0.0346 e. The molecule has 0 atom stereocenters. The third-order valence-electron chi connectivity index (χ3n) is 2.38. The van der Waals surface area contributed by atoms with E-state index in [1.54, 1.807) is 0 Å². The monoisotopic (exact) mass is 178 g/mol. The van der Waals surface area contributed by atoms with Gasteiger partial charge in [0.15, 0.2) is 0 Å². The molecule has 0 aliphatic rings. The summed E-state index contributed by atoms with van der Waals surface area (Å²) in [4.78, 5) is 0. The van der Waals surface area contributed by atoms with Crippen molar-refractivity contribution in [2.45, 2.75) is 26.7 Å². The molecular formula is C11H18N2. The molecule has 4 N–H and O–H groups in total. The molecule has 0 saturated carbocycles. The number of aryl methyl sites for hydroxylation is 2. The van der Waals surface area contributed by atoms with Gasteiger partial charge in [-0.05, 0) is 49.1 Å². The van der Waals surface area contributed by atoms with Gasteiger partial charge < -0.3 is 11.5 Å². The summed E-state index contributed by atoms with van der Waals surface area (Å²) in [5.41, 5.74) is 16.1. The largest absolute Gasteiger partial charge is 0.399 e. The Hall–Kier alpha value is -1.02. The van der Waals surface area contributed by atoms with Crippen molar-refractivity contribution in [3.05, 3.63) is 28.8 Å². The maximum absolute atomic E-state index is 5.83. The van der Waals surface area contributed by atoms with Crippen molar-refractivity contribution in [3.8, 4) is 0 Å². The van der Waals surface area contributed by atoms with Crippen molar-refractivity contribution < 1.29 is 0 Å². The van der Waals surface area contributed by atoms with Gasteiger partial charge in [0.2, 0.25) is 0 Å². The zero-order valence-electron chi connectivity index (χ0n) is 8.43. The summed E-state index contributed by atoms with van der Waals surface area (Å²) in [5, 5.41) is 0. The Morgan fingerprint density at radius 1 is 1.23 bits per heavy atom. The highest BCUT2D eigenvalue weighted by Crippen LogP contribution is 2.19. The molecule has 0 unspecified atom stereocenters. The molecule has 0 aliphatic carbocycles. The maximum Gasteiger partial charge on any atom is 0.0346 e. The molecule has 2 heteroatoms. The number of hydrogen-bond donors (Lipinski definition) is 2. The predicted molar refractivity (Wildman–Crippen MR) is 57.7 cm³/mol. The molecule has 0 fully saturated rings. The van der Waals surface area contributed by atoms with E-state index in [-0.39, 0.29) is 0 Å². The fraction of sp³-hybridized carbons (Fsp3) is 0.455. The lowest BCUT2D eigenvalue weighted by Gasteiger charge is -2.10. The number of benzene rings is 1. The Bertz CT molecular complexity index is 292. The van der Waals surface area contributed by atoms with Crippen molar-refractivity contribution >= 4 is 5.69 Å². The summed E-state index contributed by atoms with van der Waals surface area (Å²) < 4.78 is 0. The maximum atomic E-state index is 5.83. The Morgan fingerprint density at radius 2 is 1.92 bits per heavy atom. The highest BCUT2D eigenvalue weighted by atomic mass is 14.6. The van der Waals surface area contributed by atoms with E-state index < -0.39 is 0 Å². The number of nitrogen functional groups attached to an aromatic ring is 1. The molecule has 0 aliphatic heterocycles. The van der Waals surface area contributed by atoms with Gasteiger partial charge in [0.05, 0.1) is 0 Å². The second-order valence-corrected chi connectivity index (χ2v) is 3.37. The van der Waals surface area contributed by atoms with Gasteiger partial charge in [0.1, 0.15) is 0 Å². The summed E-state index contributed by atoms with van der Waals surface area (Å²) in [6, 6.07) is 4.22. The first-order valence-electron chi connectivity index (χ1n) is 4.77. The number of anilines is 1. The van der Waals surface area contributed by atoms with Crippen LogP contribution in [0.3, 0.4) is 0 Å². The van der Waals surface area contributed by atoms with Crippen LogP contribution >= 0.6 is 0 Å². The molecule has 0 spiro atoms. The minimum Gasteiger partial charge on any atom is -0.399 e. The molecule has 2 nitrogen and oxygen atoms in total. The first kappa shape index (κ1) is 10.1. The van der Waals surface area contributed by atoms with E-state index in [1.807, 2.05) is 6.92 Å². The SMILES string of the molecule is CCc1cc(C)c(N)cc1CCN. The highest BCUT2D eigenvalue weighted by Gasteiger charge is 2.03. The first-order chi connectivity index (χ1) is 6.19. The van der Waals surface area contributed by atoms with Gasteiger partial charge >= 0.3 is 0 Å². The Labute approximate surface area is 79.9 Å². The molecule has 0 saturated heterocycles. The van der Waals surface area contributed by atoms with Crippen LogP contribution in [0, 0.1) is 6.92 Å². The van der Waals surface area contributed by atoms with Crippen LogP contribution in [-0.4, -0.2) is 6.54 Å². The Kier molecular flexibility index (Phi) is 3.32. The van der Waals surface area contributed by atoms with Crippen LogP contribution in [0.15, 0.2) is 12.1 Å². The minimum absolute atomic E-state index is 0.690. The first-order valence-corrected chi connectivity index (χ1v) is 4.77. The molecule has 0 bridgehead atoms. The van der Waals surface area contributed by atoms with Crippen molar-refractivity contribution in [3.63, 3.8) is 0 Å². The van der Waals surface area contributed by atoms with Crippen LogP contribution in [0.1, 0.15) is 23.6 Å².